The summed E-state index contributed by atoms with van der Waals surface area (Å²) < 4.78 is 11.4. The average molecular weight is 408 g/mol. The Morgan fingerprint density at radius 1 is 0.967 bits per heavy atom. The molecule has 1 aromatic carbocycles. The maximum absolute atomic E-state index is 12.5. The molecular weight excluding hydrogens is 378 g/mol. The first kappa shape index (κ1) is 19.5. The Morgan fingerprint density at radius 2 is 1.73 bits per heavy atom. The fourth-order valence-electron chi connectivity index (χ4n) is 4.53. The summed E-state index contributed by atoms with van der Waals surface area (Å²) in [6.45, 7) is 4.72. The van der Waals surface area contributed by atoms with Gasteiger partial charge in [-0.1, -0.05) is 12.5 Å². The number of amides is 1. The standard InChI is InChI=1S/C24H29N3O3/c28-24(27-12-14-29-15-13-27)23-7-6-22(17-25-23)30-21-5-4-18-8-10-26(20-2-1-3-20)11-9-19(18)16-21/h4-7,16-17,20H,1-3,8-15H2. The lowest BCUT2D eigenvalue weighted by atomic mass is 9.91. The molecule has 3 heterocycles. The molecule has 6 nitrogen and oxygen atoms in total. The minimum absolute atomic E-state index is 0.0501. The third kappa shape index (κ3) is 4.20. The van der Waals surface area contributed by atoms with Crippen LogP contribution in [0.1, 0.15) is 40.9 Å². The molecule has 0 unspecified atom stereocenters. The summed E-state index contributed by atoms with van der Waals surface area (Å²) in [6.07, 6.45) is 7.94. The van der Waals surface area contributed by atoms with E-state index in [-0.39, 0.29) is 5.91 Å². The van der Waals surface area contributed by atoms with Crippen molar-refractivity contribution in [1.29, 1.82) is 0 Å². The molecule has 6 heteroatoms. The van der Waals surface area contributed by atoms with E-state index in [1.165, 1.54) is 36.9 Å². The Kier molecular flexibility index (Phi) is 5.69. The number of hydrogen-bond acceptors (Lipinski definition) is 5. The third-order valence-electron chi connectivity index (χ3n) is 6.59. The second-order valence-corrected chi connectivity index (χ2v) is 8.44. The van der Waals surface area contributed by atoms with Gasteiger partial charge in [-0.2, -0.15) is 0 Å². The van der Waals surface area contributed by atoms with Crippen molar-refractivity contribution in [3.63, 3.8) is 0 Å². The van der Waals surface area contributed by atoms with Crippen molar-refractivity contribution in [2.24, 2.45) is 0 Å². The van der Waals surface area contributed by atoms with Crippen LogP contribution in [0.4, 0.5) is 0 Å². The SMILES string of the molecule is O=C(c1ccc(Oc2ccc3c(c2)CCN(C2CCC2)CC3)cn1)N1CCOCC1. The summed E-state index contributed by atoms with van der Waals surface area (Å²) >= 11 is 0. The zero-order valence-corrected chi connectivity index (χ0v) is 17.4. The van der Waals surface area contributed by atoms with Gasteiger partial charge in [0.15, 0.2) is 0 Å². The topological polar surface area (TPSA) is 54.9 Å². The molecule has 1 amide bonds. The lowest BCUT2D eigenvalue weighted by molar-refractivity contribution is 0.0299. The first-order chi connectivity index (χ1) is 14.8. The molecule has 30 heavy (non-hydrogen) atoms. The zero-order valence-electron chi connectivity index (χ0n) is 17.4. The van der Waals surface area contributed by atoms with E-state index in [0.29, 0.717) is 37.7 Å². The number of fused-ring (bicyclic) bond motifs is 1. The van der Waals surface area contributed by atoms with Crippen LogP contribution in [0.3, 0.4) is 0 Å². The van der Waals surface area contributed by atoms with Crippen molar-refractivity contribution < 1.29 is 14.3 Å². The van der Waals surface area contributed by atoms with Crippen molar-refractivity contribution in [2.75, 3.05) is 39.4 Å². The minimum atomic E-state index is -0.0501. The van der Waals surface area contributed by atoms with Crippen molar-refractivity contribution in [2.45, 2.75) is 38.1 Å². The number of ether oxygens (including phenoxy) is 2. The van der Waals surface area contributed by atoms with Gasteiger partial charge < -0.3 is 14.4 Å². The van der Waals surface area contributed by atoms with Crippen molar-refractivity contribution in [3.05, 3.63) is 53.3 Å². The monoisotopic (exact) mass is 407 g/mol. The number of rotatable bonds is 4. The molecule has 158 valence electrons. The molecule has 1 saturated heterocycles. The van der Waals surface area contributed by atoms with E-state index in [0.717, 1.165) is 31.2 Å². The van der Waals surface area contributed by atoms with E-state index in [2.05, 4.69) is 22.0 Å². The highest BCUT2D eigenvalue weighted by atomic mass is 16.5. The number of nitrogens with zero attached hydrogens (tertiary/aromatic N) is 3. The molecule has 0 N–H and O–H groups in total. The maximum Gasteiger partial charge on any atom is 0.272 e. The zero-order chi connectivity index (χ0) is 20.3. The molecule has 2 aliphatic heterocycles. The average Bonchev–Trinajstić information content (AvgIpc) is 2.96. The van der Waals surface area contributed by atoms with E-state index in [1.54, 1.807) is 17.2 Å². The highest BCUT2D eigenvalue weighted by molar-refractivity contribution is 5.92. The molecule has 2 fully saturated rings. The van der Waals surface area contributed by atoms with Gasteiger partial charge in [-0.3, -0.25) is 9.69 Å². The smallest absolute Gasteiger partial charge is 0.272 e. The van der Waals surface area contributed by atoms with Crippen LogP contribution >= 0.6 is 0 Å². The summed E-state index contributed by atoms with van der Waals surface area (Å²) in [5.74, 6) is 1.43. The highest BCUT2D eigenvalue weighted by Crippen LogP contribution is 2.30. The lowest BCUT2D eigenvalue weighted by Crippen LogP contribution is -2.41. The van der Waals surface area contributed by atoms with Crippen LogP contribution in [0.2, 0.25) is 0 Å². The number of hydrogen-bond donors (Lipinski definition) is 0. The van der Waals surface area contributed by atoms with Gasteiger partial charge in [-0.15, -0.1) is 0 Å². The summed E-state index contributed by atoms with van der Waals surface area (Å²) in [5, 5.41) is 0. The minimum Gasteiger partial charge on any atom is -0.456 e. The molecule has 0 bridgehead atoms. The van der Waals surface area contributed by atoms with E-state index < -0.39 is 0 Å². The molecule has 0 spiro atoms. The second kappa shape index (κ2) is 8.74. The van der Waals surface area contributed by atoms with Crippen molar-refractivity contribution >= 4 is 5.91 Å². The summed E-state index contributed by atoms with van der Waals surface area (Å²) in [5.41, 5.74) is 3.28. The number of morpholine rings is 1. The first-order valence-electron chi connectivity index (χ1n) is 11.1. The highest BCUT2D eigenvalue weighted by Gasteiger charge is 2.26. The van der Waals surface area contributed by atoms with Crippen LogP contribution in [-0.2, 0) is 17.6 Å². The molecule has 1 aromatic heterocycles. The van der Waals surface area contributed by atoms with Crippen molar-refractivity contribution in [1.82, 2.24) is 14.8 Å². The van der Waals surface area contributed by atoms with Crippen LogP contribution in [0.15, 0.2) is 36.5 Å². The maximum atomic E-state index is 12.5. The van der Waals surface area contributed by atoms with E-state index in [9.17, 15) is 4.79 Å². The van der Waals surface area contributed by atoms with Crippen LogP contribution < -0.4 is 4.74 Å². The summed E-state index contributed by atoms with van der Waals surface area (Å²) in [6, 6.07) is 10.8. The normalized spacial score (nSPS) is 20.2. The number of benzene rings is 1. The van der Waals surface area contributed by atoms with Crippen LogP contribution in [-0.4, -0.2) is 66.1 Å². The quantitative estimate of drug-likeness (QED) is 0.778. The lowest BCUT2D eigenvalue weighted by Gasteiger charge is -2.36. The Hall–Kier alpha value is -2.44. The Bertz CT molecular complexity index is 889. The number of aromatic nitrogens is 1. The predicted molar refractivity (Wildman–Crippen MR) is 114 cm³/mol. The Morgan fingerprint density at radius 3 is 2.43 bits per heavy atom. The van der Waals surface area contributed by atoms with E-state index in [1.807, 2.05) is 12.1 Å². The van der Waals surface area contributed by atoms with Crippen LogP contribution in [0.25, 0.3) is 0 Å². The molecule has 0 radical (unpaired) electrons. The number of carbonyl (C=O) groups is 1. The third-order valence-corrected chi connectivity index (χ3v) is 6.59. The van der Waals surface area contributed by atoms with Gasteiger partial charge in [-0.25, -0.2) is 4.98 Å². The van der Waals surface area contributed by atoms with Crippen molar-refractivity contribution in [3.8, 4) is 11.5 Å². The Labute approximate surface area is 177 Å². The summed E-state index contributed by atoms with van der Waals surface area (Å²) in [4.78, 5) is 21.3. The van der Waals surface area contributed by atoms with Gasteiger partial charge in [0, 0.05) is 32.2 Å². The fourth-order valence-corrected chi connectivity index (χ4v) is 4.53. The van der Waals surface area contributed by atoms with Gasteiger partial charge in [0.25, 0.3) is 5.91 Å². The fraction of sp³-hybridized carbons (Fsp3) is 0.500. The van der Waals surface area contributed by atoms with Gasteiger partial charge in [0.05, 0.1) is 19.4 Å². The first-order valence-corrected chi connectivity index (χ1v) is 11.1. The second-order valence-electron chi connectivity index (χ2n) is 8.44. The number of carbonyl (C=O) groups excluding carboxylic acids is 1. The Balaban J connectivity index is 1.23. The van der Waals surface area contributed by atoms with Crippen LogP contribution in [0.5, 0.6) is 11.5 Å². The molecule has 1 aliphatic carbocycles. The summed E-state index contributed by atoms with van der Waals surface area (Å²) in [7, 11) is 0. The van der Waals surface area contributed by atoms with E-state index in [4.69, 9.17) is 9.47 Å². The van der Waals surface area contributed by atoms with Gasteiger partial charge in [0.2, 0.25) is 0 Å². The molecule has 0 atom stereocenters. The van der Waals surface area contributed by atoms with Gasteiger partial charge in [0.1, 0.15) is 17.2 Å². The van der Waals surface area contributed by atoms with Gasteiger partial charge >= 0.3 is 0 Å². The molecule has 1 saturated carbocycles. The molecule has 5 rings (SSSR count). The van der Waals surface area contributed by atoms with Crippen LogP contribution in [0, 0.1) is 0 Å². The molecular formula is C24H29N3O3. The molecule has 2 aromatic rings. The van der Waals surface area contributed by atoms with Gasteiger partial charge in [-0.05, 0) is 61.1 Å². The number of pyridine rings is 1. The predicted octanol–water partition coefficient (Wildman–Crippen LogP) is 3.30. The largest absolute Gasteiger partial charge is 0.456 e. The van der Waals surface area contributed by atoms with E-state index >= 15 is 0 Å². The molecule has 3 aliphatic rings.